The summed E-state index contributed by atoms with van der Waals surface area (Å²) in [7, 11) is -0.790. The summed E-state index contributed by atoms with van der Waals surface area (Å²) < 4.78 is 29.7. The maximum atomic E-state index is 14.2. The first-order valence-electron chi connectivity index (χ1n) is 15.1. The van der Waals surface area contributed by atoms with E-state index in [1.165, 1.54) is 28.8 Å². The fraction of sp³-hybridized carbons (Fsp3) is 0.286. The van der Waals surface area contributed by atoms with Gasteiger partial charge in [-0.25, -0.2) is 8.42 Å². The van der Waals surface area contributed by atoms with Crippen molar-refractivity contribution in [1.82, 2.24) is 4.90 Å². The largest absolute Gasteiger partial charge is 0.384 e. The molecule has 1 heterocycles. The molecule has 4 aromatic rings. The zero-order valence-electron chi connectivity index (χ0n) is 25.4. The lowest BCUT2D eigenvalue weighted by Crippen LogP contribution is -2.31. The molecule has 1 aliphatic rings. The topological polar surface area (TPSA) is 85.0 Å². The van der Waals surface area contributed by atoms with Crippen molar-refractivity contribution in [2.75, 3.05) is 66.7 Å². The summed E-state index contributed by atoms with van der Waals surface area (Å²) in [5, 5.41) is 6.87. The van der Waals surface area contributed by atoms with E-state index in [2.05, 4.69) is 27.7 Å². The Bertz CT molecular complexity index is 1630. The zero-order chi connectivity index (χ0) is 30.9. The van der Waals surface area contributed by atoms with Crippen molar-refractivity contribution >= 4 is 38.7 Å². The number of nitrogens with one attached hydrogen (secondary N) is 2. The average molecular weight is 612 g/mol. The molecular weight excluding hydrogens is 570 g/mol. The maximum absolute atomic E-state index is 14.2. The summed E-state index contributed by atoms with van der Waals surface area (Å²) in [5.41, 5.74) is 3.75. The van der Waals surface area contributed by atoms with Gasteiger partial charge in [0.1, 0.15) is 4.90 Å². The molecule has 44 heavy (non-hydrogen) atoms. The molecule has 0 spiro atoms. The van der Waals surface area contributed by atoms with E-state index in [4.69, 9.17) is 0 Å². The highest BCUT2D eigenvalue weighted by Crippen LogP contribution is 2.34. The molecular formula is C35H41N5O3S. The normalized spacial score (nSPS) is 13.4. The molecule has 1 fully saturated rings. The molecule has 230 valence electrons. The molecule has 1 amide bonds. The van der Waals surface area contributed by atoms with Crippen LogP contribution in [0.1, 0.15) is 28.8 Å². The Labute approximate surface area is 261 Å². The van der Waals surface area contributed by atoms with Crippen LogP contribution in [-0.4, -0.2) is 66.0 Å². The van der Waals surface area contributed by atoms with E-state index in [0.717, 1.165) is 26.1 Å². The van der Waals surface area contributed by atoms with Crippen LogP contribution in [0.4, 0.5) is 22.7 Å². The first kappa shape index (κ1) is 31.1. The fourth-order valence-electron chi connectivity index (χ4n) is 5.47. The minimum atomic E-state index is -4.04. The molecule has 4 aromatic carbocycles. The van der Waals surface area contributed by atoms with Gasteiger partial charge in [-0.2, -0.15) is 0 Å². The number of carbonyl (C=O) groups excluding carboxylic acids is 1. The first-order valence-corrected chi connectivity index (χ1v) is 16.6. The standard InChI is InChI=1S/C35H41N5O3S/c1-38(29-16-8-4-9-17-29)35(41)31-26-34(44(42,43)39(2)30-18-10-5-11-19-30)33(37-22-25-40-23-12-13-24-40)27-32(31)36-21-20-28-14-6-3-7-15-28/h3-11,14-19,26-27,36-37H,12-13,20-25H2,1-2H3. The molecule has 2 N–H and O–H groups in total. The van der Waals surface area contributed by atoms with E-state index < -0.39 is 10.0 Å². The van der Waals surface area contributed by atoms with Gasteiger partial charge in [0, 0.05) is 45.1 Å². The van der Waals surface area contributed by atoms with Gasteiger partial charge in [-0.3, -0.25) is 9.10 Å². The van der Waals surface area contributed by atoms with E-state index in [1.807, 2.05) is 54.6 Å². The molecule has 0 aromatic heterocycles. The summed E-state index contributed by atoms with van der Waals surface area (Å²) >= 11 is 0. The number of carbonyl (C=O) groups is 1. The monoisotopic (exact) mass is 611 g/mol. The van der Waals surface area contributed by atoms with E-state index >= 15 is 0 Å². The molecule has 0 bridgehead atoms. The lowest BCUT2D eigenvalue weighted by atomic mass is 10.1. The predicted octanol–water partition coefficient (Wildman–Crippen LogP) is 5.95. The number of benzene rings is 4. The molecule has 0 atom stereocenters. The van der Waals surface area contributed by atoms with Crippen molar-refractivity contribution < 1.29 is 13.2 Å². The van der Waals surface area contributed by atoms with Crippen LogP contribution in [0.2, 0.25) is 0 Å². The Morgan fingerprint density at radius 2 is 1.32 bits per heavy atom. The van der Waals surface area contributed by atoms with Gasteiger partial charge in [0.15, 0.2) is 0 Å². The second-order valence-corrected chi connectivity index (χ2v) is 13.0. The highest BCUT2D eigenvalue weighted by atomic mass is 32.2. The number of amides is 1. The molecule has 0 aliphatic carbocycles. The summed E-state index contributed by atoms with van der Waals surface area (Å²) in [5.74, 6) is -0.305. The minimum absolute atomic E-state index is 0.0590. The summed E-state index contributed by atoms with van der Waals surface area (Å²) in [6.45, 7) is 4.06. The third-order valence-electron chi connectivity index (χ3n) is 8.07. The number of para-hydroxylation sites is 2. The van der Waals surface area contributed by atoms with Gasteiger partial charge in [0.05, 0.1) is 16.9 Å². The maximum Gasteiger partial charge on any atom is 0.266 e. The smallest absolute Gasteiger partial charge is 0.266 e. The summed E-state index contributed by atoms with van der Waals surface area (Å²) in [6, 6.07) is 31.8. The molecule has 5 rings (SSSR count). The third-order valence-corrected chi connectivity index (χ3v) is 9.90. The predicted molar refractivity (Wildman–Crippen MR) is 180 cm³/mol. The van der Waals surface area contributed by atoms with Gasteiger partial charge in [-0.15, -0.1) is 0 Å². The average Bonchev–Trinajstić information content (AvgIpc) is 3.58. The Hall–Kier alpha value is -4.34. The van der Waals surface area contributed by atoms with Gasteiger partial charge in [-0.05, 0) is 74.3 Å². The van der Waals surface area contributed by atoms with Gasteiger partial charge < -0.3 is 20.4 Å². The van der Waals surface area contributed by atoms with Crippen LogP contribution < -0.4 is 19.8 Å². The lowest BCUT2D eigenvalue weighted by molar-refractivity contribution is 0.0993. The van der Waals surface area contributed by atoms with Gasteiger partial charge in [0.25, 0.3) is 15.9 Å². The fourth-order valence-corrected chi connectivity index (χ4v) is 6.84. The first-order chi connectivity index (χ1) is 21.3. The van der Waals surface area contributed by atoms with Crippen molar-refractivity contribution in [2.24, 2.45) is 0 Å². The van der Waals surface area contributed by atoms with Crippen LogP contribution >= 0.6 is 0 Å². The summed E-state index contributed by atoms with van der Waals surface area (Å²) in [4.78, 5) is 18.1. The SMILES string of the molecule is CN(C(=O)c1cc(S(=O)(=O)N(C)c2ccccc2)c(NCCN2CCCC2)cc1NCCc1ccccc1)c1ccccc1. The van der Waals surface area contributed by atoms with Crippen LogP contribution in [0.25, 0.3) is 0 Å². The number of rotatable bonds is 13. The van der Waals surface area contributed by atoms with Crippen molar-refractivity contribution in [3.63, 3.8) is 0 Å². The molecule has 1 aliphatic heterocycles. The molecule has 9 heteroatoms. The summed E-state index contributed by atoms with van der Waals surface area (Å²) in [6.07, 6.45) is 3.11. The number of hydrogen-bond donors (Lipinski definition) is 2. The van der Waals surface area contributed by atoms with Gasteiger partial charge in [-0.1, -0.05) is 66.7 Å². The Kier molecular flexibility index (Phi) is 10.2. The second kappa shape index (κ2) is 14.4. The van der Waals surface area contributed by atoms with Crippen LogP contribution in [0, 0.1) is 0 Å². The lowest BCUT2D eigenvalue weighted by Gasteiger charge is -2.25. The van der Waals surface area contributed by atoms with E-state index in [9.17, 15) is 13.2 Å². The van der Waals surface area contributed by atoms with Crippen molar-refractivity contribution in [1.29, 1.82) is 0 Å². The van der Waals surface area contributed by atoms with Crippen molar-refractivity contribution in [3.05, 3.63) is 114 Å². The number of likely N-dealkylation sites (tertiary alicyclic amines) is 1. The van der Waals surface area contributed by atoms with Crippen LogP contribution in [0.15, 0.2) is 108 Å². The van der Waals surface area contributed by atoms with Crippen molar-refractivity contribution in [3.8, 4) is 0 Å². The Morgan fingerprint density at radius 1 is 0.750 bits per heavy atom. The van der Waals surface area contributed by atoms with Crippen molar-refractivity contribution in [2.45, 2.75) is 24.2 Å². The van der Waals surface area contributed by atoms with E-state index in [0.29, 0.717) is 35.8 Å². The Morgan fingerprint density at radius 3 is 1.95 bits per heavy atom. The minimum Gasteiger partial charge on any atom is -0.384 e. The highest BCUT2D eigenvalue weighted by molar-refractivity contribution is 7.93. The molecule has 0 saturated carbocycles. The third kappa shape index (κ3) is 7.41. The molecule has 0 radical (unpaired) electrons. The molecule has 1 saturated heterocycles. The molecule has 0 unspecified atom stereocenters. The molecule has 8 nitrogen and oxygen atoms in total. The van der Waals surface area contributed by atoms with E-state index in [1.54, 1.807) is 49.3 Å². The Balaban J connectivity index is 1.54. The number of anilines is 4. The zero-order valence-corrected chi connectivity index (χ0v) is 26.3. The van der Waals surface area contributed by atoms with E-state index in [-0.39, 0.29) is 16.4 Å². The van der Waals surface area contributed by atoms with Crippen LogP contribution in [-0.2, 0) is 16.4 Å². The van der Waals surface area contributed by atoms with Gasteiger partial charge >= 0.3 is 0 Å². The highest BCUT2D eigenvalue weighted by Gasteiger charge is 2.29. The van der Waals surface area contributed by atoms with Gasteiger partial charge in [0.2, 0.25) is 0 Å². The number of nitrogens with zero attached hydrogens (tertiary/aromatic N) is 3. The van der Waals surface area contributed by atoms with Crippen LogP contribution in [0.3, 0.4) is 0 Å². The second-order valence-electron chi connectivity index (χ2n) is 11.0. The number of hydrogen-bond acceptors (Lipinski definition) is 6. The number of sulfonamides is 1. The quantitative estimate of drug-likeness (QED) is 0.194. The van der Waals surface area contributed by atoms with Crippen LogP contribution in [0.5, 0.6) is 0 Å².